The summed E-state index contributed by atoms with van der Waals surface area (Å²) in [7, 11) is -0.797. The van der Waals surface area contributed by atoms with Crippen LogP contribution in [0, 0.1) is 0 Å². The lowest BCUT2D eigenvalue weighted by atomic mass is 9.81. The van der Waals surface area contributed by atoms with Gasteiger partial charge >= 0.3 is 11.9 Å². The summed E-state index contributed by atoms with van der Waals surface area (Å²) in [4.78, 5) is 40.5. The van der Waals surface area contributed by atoms with Gasteiger partial charge in [-0.15, -0.1) is 0 Å². The molecule has 1 N–H and O–H groups in total. The molecule has 3 rings (SSSR count). The molecular formula is C23H25BrN2O7S. The molecule has 11 heteroatoms. The summed E-state index contributed by atoms with van der Waals surface area (Å²) in [5.74, 6) is -3.76. The van der Waals surface area contributed by atoms with Crippen LogP contribution in [0.5, 0.6) is 0 Å². The second-order valence-electron chi connectivity index (χ2n) is 9.04. The number of hydrogen-bond acceptors (Lipinski definition) is 6. The first kappa shape index (κ1) is 25.9. The minimum Gasteiger partial charge on any atom is -0.480 e. The van der Waals surface area contributed by atoms with E-state index in [0.29, 0.717) is 10.0 Å². The molecule has 2 aromatic rings. The Labute approximate surface area is 206 Å². The quantitative estimate of drug-likeness (QED) is 0.431. The van der Waals surface area contributed by atoms with Crippen LogP contribution < -0.4 is 4.90 Å². The fourth-order valence-corrected chi connectivity index (χ4v) is 4.89. The third-order valence-electron chi connectivity index (χ3n) is 5.29. The number of esters is 1. The number of carboxylic acids is 1. The van der Waals surface area contributed by atoms with Crippen LogP contribution in [0.3, 0.4) is 0 Å². The van der Waals surface area contributed by atoms with E-state index in [1.807, 2.05) is 0 Å². The maximum atomic E-state index is 13.6. The van der Waals surface area contributed by atoms with Gasteiger partial charge in [0.05, 0.1) is 17.1 Å². The molecule has 182 valence electrons. The van der Waals surface area contributed by atoms with Crippen molar-refractivity contribution in [1.82, 2.24) is 4.31 Å². The van der Waals surface area contributed by atoms with E-state index in [4.69, 9.17) is 4.74 Å². The number of benzene rings is 2. The van der Waals surface area contributed by atoms with E-state index >= 15 is 0 Å². The van der Waals surface area contributed by atoms with Crippen LogP contribution >= 0.6 is 15.9 Å². The first-order valence-corrected chi connectivity index (χ1v) is 12.5. The average molecular weight is 553 g/mol. The first-order valence-electron chi connectivity index (χ1n) is 10.2. The highest BCUT2D eigenvalue weighted by molar-refractivity contribution is 9.10. The molecular weight excluding hydrogens is 528 g/mol. The molecule has 9 nitrogen and oxygen atoms in total. The Morgan fingerprint density at radius 1 is 1.12 bits per heavy atom. The van der Waals surface area contributed by atoms with Gasteiger partial charge in [0, 0.05) is 24.1 Å². The molecule has 0 spiro atoms. The summed E-state index contributed by atoms with van der Waals surface area (Å²) in [6.07, 6.45) is 0. The van der Waals surface area contributed by atoms with Crippen LogP contribution in [0.1, 0.15) is 31.9 Å². The van der Waals surface area contributed by atoms with Gasteiger partial charge in [0.2, 0.25) is 10.0 Å². The van der Waals surface area contributed by atoms with E-state index in [1.165, 1.54) is 49.3 Å². The van der Waals surface area contributed by atoms with Gasteiger partial charge in [-0.2, -0.15) is 0 Å². The van der Waals surface area contributed by atoms with Crippen molar-refractivity contribution in [1.29, 1.82) is 0 Å². The Balaban J connectivity index is 2.08. The summed E-state index contributed by atoms with van der Waals surface area (Å²) in [6, 6.07) is 10.4. The van der Waals surface area contributed by atoms with Gasteiger partial charge in [0.25, 0.3) is 11.3 Å². The van der Waals surface area contributed by atoms with Gasteiger partial charge in [-0.3, -0.25) is 9.59 Å². The summed E-state index contributed by atoms with van der Waals surface area (Å²) in [6.45, 7) is 4.68. The zero-order valence-electron chi connectivity index (χ0n) is 19.3. The summed E-state index contributed by atoms with van der Waals surface area (Å²) >= 11 is 3.33. The van der Waals surface area contributed by atoms with E-state index in [9.17, 15) is 27.9 Å². The van der Waals surface area contributed by atoms with Crippen molar-refractivity contribution >= 4 is 49.5 Å². The van der Waals surface area contributed by atoms with Gasteiger partial charge in [-0.1, -0.05) is 34.1 Å². The zero-order chi connectivity index (χ0) is 25.6. The van der Waals surface area contributed by atoms with Crippen molar-refractivity contribution < 1.29 is 32.6 Å². The average Bonchev–Trinajstić information content (AvgIpc) is 2.95. The molecule has 0 aliphatic carbocycles. The minimum absolute atomic E-state index is 0.00857. The summed E-state index contributed by atoms with van der Waals surface area (Å²) in [5.41, 5.74) is -2.78. The lowest BCUT2D eigenvalue weighted by molar-refractivity contribution is -0.171. The van der Waals surface area contributed by atoms with E-state index in [-0.39, 0.29) is 22.7 Å². The number of halogens is 1. The highest BCUT2D eigenvalue weighted by Crippen LogP contribution is 2.45. The molecule has 1 aliphatic heterocycles. The van der Waals surface area contributed by atoms with Crippen LogP contribution in [0.4, 0.5) is 5.69 Å². The molecule has 1 atom stereocenters. The van der Waals surface area contributed by atoms with Crippen LogP contribution in [-0.2, 0) is 41.1 Å². The standard InChI is InChI=1S/C23H25BrN2O7S/c1-22(2,3)33-21(30)23(20(28)29)17-11-8-15(24)12-18(17)26(19(23)27)13-14-6-9-16(10-7-14)34(31,32)25(4)5/h6-12H,13H2,1-5H3,(H,28,29). The largest absolute Gasteiger partial charge is 0.480 e. The second-order valence-corrected chi connectivity index (χ2v) is 12.1. The smallest absolute Gasteiger partial charge is 0.338 e. The summed E-state index contributed by atoms with van der Waals surface area (Å²) < 4.78 is 31.7. The van der Waals surface area contributed by atoms with Crippen LogP contribution in [-0.4, -0.2) is 55.4 Å². The maximum Gasteiger partial charge on any atom is 0.338 e. The Hall–Kier alpha value is -2.76. The predicted molar refractivity (Wildman–Crippen MR) is 128 cm³/mol. The maximum absolute atomic E-state index is 13.6. The molecule has 34 heavy (non-hydrogen) atoms. The Bertz CT molecular complexity index is 1270. The number of sulfonamides is 1. The van der Waals surface area contributed by atoms with Gasteiger partial charge in [-0.25, -0.2) is 17.5 Å². The van der Waals surface area contributed by atoms with Gasteiger partial charge in [0.1, 0.15) is 5.60 Å². The van der Waals surface area contributed by atoms with E-state index in [0.717, 1.165) is 4.31 Å². The molecule has 0 bridgehead atoms. The number of hydrogen-bond donors (Lipinski definition) is 1. The number of rotatable bonds is 6. The van der Waals surface area contributed by atoms with Crippen LogP contribution in [0.25, 0.3) is 0 Å². The number of carboxylic acid groups (broad SMARTS) is 1. The van der Waals surface area contributed by atoms with Gasteiger partial charge in [0.15, 0.2) is 0 Å². The molecule has 0 radical (unpaired) electrons. The van der Waals surface area contributed by atoms with Crippen molar-refractivity contribution in [3.63, 3.8) is 0 Å². The predicted octanol–water partition coefficient (Wildman–Crippen LogP) is 2.91. The van der Waals surface area contributed by atoms with E-state index < -0.39 is 38.9 Å². The van der Waals surface area contributed by atoms with Crippen molar-refractivity contribution in [3.8, 4) is 0 Å². The third kappa shape index (κ3) is 4.35. The number of aliphatic carboxylic acids is 1. The Morgan fingerprint density at radius 3 is 2.21 bits per heavy atom. The SMILES string of the molecule is CN(C)S(=O)(=O)c1ccc(CN2C(=O)C(C(=O)O)(C(=O)OC(C)(C)C)c3ccc(Br)cc32)cc1. The number of fused-ring (bicyclic) bond motifs is 1. The van der Waals surface area contributed by atoms with Crippen molar-refractivity contribution in [2.75, 3.05) is 19.0 Å². The van der Waals surface area contributed by atoms with Gasteiger partial charge in [-0.05, 0) is 50.6 Å². The minimum atomic E-state index is -3.64. The van der Waals surface area contributed by atoms with E-state index in [2.05, 4.69) is 15.9 Å². The van der Waals surface area contributed by atoms with E-state index in [1.54, 1.807) is 32.9 Å². The zero-order valence-corrected chi connectivity index (χ0v) is 21.7. The molecule has 0 saturated carbocycles. The Morgan fingerprint density at radius 2 is 1.71 bits per heavy atom. The van der Waals surface area contributed by atoms with Crippen molar-refractivity contribution in [3.05, 3.63) is 58.1 Å². The Kier molecular flexibility index (Phi) is 6.68. The highest BCUT2D eigenvalue weighted by atomic mass is 79.9. The lowest BCUT2D eigenvalue weighted by Gasteiger charge is -2.27. The number of carbonyl (C=O) groups excluding carboxylic acids is 2. The third-order valence-corrected chi connectivity index (χ3v) is 7.61. The number of nitrogens with zero attached hydrogens (tertiary/aromatic N) is 2. The lowest BCUT2D eigenvalue weighted by Crippen LogP contribution is -2.54. The monoisotopic (exact) mass is 552 g/mol. The van der Waals surface area contributed by atoms with Crippen LogP contribution in [0.2, 0.25) is 0 Å². The van der Waals surface area contributed by atoms with Crippen molar-refractivity contribution in [2.24, 2.45) is 0 Å². The fraction of sp³-hybridized carbons (Fsp3) is 0.348. The molecule has 0 aromatic heterocycles. The number of carbonyl (C=O) groups is 3. The topological polar surface area (TPSA) is 121 Å². The number of amides is 1. The molecule has 1 unspecified atom stereocenters. The van der Waals surface area contributed by atoms with Crippen LogP contribution in [0.15, 0.2) is 51.8 Å². The number of anilines is 1. The molecule has 0 fully saturated rings. The molecule has 1 heterocycles. The molecule has 2 aromatic carbocycles. The fourth-order valence-electron chi connectivity index (χ4n) is 3.64. The van der Waals surface area contributed by atoms with Gasteiger partial charge < -0.3 is 14.7 Å². The normalized spacial score (nSPS) is 18.2. The second kappa shape index (κ2) is 8.79. The number of ether oxygens (including phenoxy) is 1. The molecule has 1 aliphatic rings. The summed E-state index contributed by atoms with van der Waals surface area (Å²) in [5, 5.41) is 10.1. The highest BCUT2D eigenvalue weighted by Gasteiger charge is 2.64. The molecule has 0 saturated heterocycles. The van der Waals surface area contributed by atoms with Crippen molar-refractivity contribution in [2.45, 2.75) is 43.2 Å². The molecule has 1 amide bonds. The first-order chi connectivity index (χ1) is 15.6.